The van der Waals surface area contributed by atoms with Crippen molar-refractivity contribution in [2.75, 3.05) is 0 Å². The Morgan fingerprint density at radius 3 is 2.74 bits per heavy atom. The van der Waals surface area contributed by atoms with Gasteiger partial charge in [-0.1, -0.05) is 30.3 Å². The summed E-state index contributed by atoms with van der Waals surface area (Å²) in [5.74, 6) is 8.25. The first-order valence-corrected chi connectivity index (χ1v) is 8.12. The van der Waals surface area contributed by atoms with Crippen LogP contribution in [-0.2, 0) is 11.2 Å². The van der Waals surface area contributed by atoms with Gasteiger partial charge in [0.25, 0.3) is 0 Å². The zero-order chi connectivity index (χ0) is 11.9. The molecule has 1 heteroatoms. The van der Waals surface area contributed by atoms with Crippen molar-refractivity contribution < 1.29 is 4.74 Å². The zero-order valence-corrected chi connectivity index (χ0v) is 10.9. The lowest BCUT2D eigenvalue weighted by molar-refractivity contribution is -0.0301. The molecule has 0 amide bonds. The molecule has 2 heterocycles. The van der Waals surface area contributed by atoms with Gasteiger partial charge in [-0.3, -0.25) is 0 Å². The van der Waals surface area contributed by atoms with Crippen molar-refractivity contribution in [3.63, 3.8) is 0 Å². The lowest BCUT2D eigenvalue weighted by Gasteiger charge is -2.46. The first-order chi connectivity index (χ1) is 9.40. The molecule has 5 aliphatic carbocycles. The molecule has 10 atom stereocenters. The molecular weight excluding hydrogens is 232 g/mol. The molecule has 19 heavy (non-hydrogen) atoms. The van der Waals surface area contributed by atoms with Crippen molar-refractivity contribution >= 4 is 0 Å². The standard InChI is InChI=1S/C18H18O/c1-2-4-8(5-3-1)7-18-15-10-6-9-11-12(10)16(18)14(11)17(19-18)13(9)15/h1-5,9-17H,6-7H2/t9-,10+,11-,12+,13-,14+,15+,16+,17+,18-/m0/s1. The summed E-state index contributed by atoms with van der Waals surface area (Å²) in [7, 11) is 0. The minimum absolute atomic E-state index is 0.290. The normalized spacial score (nSPS) is 67.5. The third-order valence-corrected chi connectivity index (χ3v) is 8.19. The van der Waals surface area contributed by atoms with E-state index in [0.717, 1.165) is 47.3 Å². The average Bonchev–Trinajstić information content (AvgIpc) is 3.03. The van der Waals surface area contributed by atoms with E-state index in [4.69, 9.17) is 4.74 Å². The molecule has 8 rings (SSSR count). The Kier molecular flexibility index (Phi) is 1.17. The predicted octanol–water partition coefficient (Wildman–Crippen LogP) is 2.75. The minimum atomic E-state index is 0.290. The summed E-state index contributed by atoms with van der Waals surface area (Å²) in [6, 6.07) is 11.1. The van der Waals surface area contributed by atoms with Gasteiger partial charge in [-0.2, -0.15) is 0 Å². The molecule has 4 bridgehead atoms. The molecule has 1 aromatic carbocycles. The monoisotopic (exact) mass is 250 g/mol. The van der Waals surface area contributed by atoms with Crippen LogP contribution in [0.15, 0.2) is 30.3 Å². The Labute approximate surface area is 113 Å². The molecule has 7 aliphatic rings. The largest absolute Gasteiger partial charge is 0.370 e. The van der Waals surface area contributed by atoms with Gasteiger partial charge in [-0.25, -0.2) is 0 Å². The highest BCUT2D eigenvalue weighted by atomic mass is 16.5. The third kappa shape index (κ3) is 0.665. The summed E-state index contributed by atoms with van der Waals surface area (Å²) < 4.78 is 6.76. The molecule has 0 spiro atoms. The van der Waals surface area contributed by atoms with Gasteiger partial charge in [0, 0.05) is 6.42 Å². The summed E-state index contributed by atoms with van der Waals surface area (Å²) in [6.45, 7) is 0. The van der Waals surface area contributed by atoms with Gasteiger partial charge in [0.2, 0.25) is 0 Å². The molecule has 2 aliphatic heterocycles. The summed E-state index contributed by atoms with van der Waals surface area (Å²) in [5, 5.41) is 0. The van der Waals surface area contributed by atoms with Crippen LogP contribution in [0.25, 0.3) is 0 Å². The summed E-state index contributed by atoms with van der Waals surface area (Å²) in [5.41, 5.74) is 1.80. The minimum Gasteiger partial charge on any atom is -0.370 e. The van der Waals surface area contributed by atoms with Crippen LogP contribution in [0.2, 0.25) is 0 Å². The summed E-state index contributed by atoms with van der Waals surface area (Å²) >= 11 is 0. The van der Waals surface area contributed by atoms with Gasteiger partial charge in [-0.05, 0) is 59.3 Å². The molecule has 0 aromatic heterocycles. The molecule has 96 valence electrons. The molecule has 0 N–H and O–H groups in total. The Morgan fingerprint density at radius 2 is 1.84 bits per heavy atom. The fourth-order valence-corrected chi connectivity index (χ4v) is 8.40. The number of benzene rings is 1. The highest BCUT2D eigenvalue weighted by Gasteiger charge is 2.92. The van der Waals surface area contributed by atoms with E-state index in [2.05, 4.69) is 30.3 Å². The highest BCUT2D eigenvalue weighted by Crippen LogP contribution is 2.90. The van der Waals surface area contributed by atoms with Crippen LogP contribution in [-0.4, -0.2) is 11.7 Å². The molecule has 0 radical (unpaired) electrons. The first-order valence-electron chi connectivity index (χ1n) is 8.12. The van der Waals surface area contributed by atoms with E-state index in [0.29, 0.717) is 11.7 Å². The maximum Gasteiger partial charge on any atom is 0.0795 e. The molecule has 1 aromatic rings. The number of rotatable bonds is 2. The van der Waals surface area contributed by atoms with Gasteiger partial charge in [0.15, 0.2) is 0 Å². The molecular formula is C18H18O. The van der Waals surface area contributed by atoms with Crippen molar-refractivity contribution in [2.24, 2.45) is 47.3 Å². The second-order valence-corrected chi connectivity index (χ2v) is 8.12. The zero-order valence-electron chi connectivity index (χ0n) is 10.9. The lowest BCUT2D eigenvalue weighted by atomic mass is 9.57. The van der Waals surface area contributed by atoms with Crippen molar-refractivity contribution in [3.05, 3.63) is 35.9 Å². The lowest BCUT2D eigenvalue weighted by Crippen LogP contribution is -2.49. The SMILES string of the molecule is c1ccc(C[C@@]23O[C@H]4[C@@H]5[C@H]6[C@@H]7C[C@H]([C@H]6[C@H]52)[C@@H]3[C@H]74)cc1. The van der Waals surface area contributed by atoms with Gasteiger partial charge < -0.3 is 4.74 Å². The molecule has 2 saturated heterocycles. The maximum atomic E-state index is 6.76. The summed E-state index contributed by atoms with van der Waals surface area (Å²) in [4.78, 5) is 0. The molecule has 5 saturated carbocycles. The fraction of sp³-hybridized carbons (Fsp3) is 0.667. The maximum absolute atomic E-state index is 6.76. The summed E-state index contributed by atoms with van der Waals surface area (Å²) in [6.07, 6.45) is 3.48. The Hall–Kier alpha value is -0.820. The number of ether oxygens (including phenoxy) is 1. The van der Waals surface area contributed by atoms with Crippen LogP contribution in [0.4, 0.5) is 0 Å². The van der Waals surface area contributed by atoms with Crippen LogP contribution in [0.3, 0.4) is 0 Å². The van der Waals surface area contributed by atoms with Gasteiger partial charge in [0.05, 0.1) is 11.7 Å². The molecule has 7 fully saturated rings. The van der Waals surface area contributed by atoms with Crippen molar-refractivity contribution in [3.8, 4) is 0 Å². The molecule has 1 nitrogen and oxygen atoms in total. The highest BCUT2D eigenvalue weighted by molar-refractivity contribution is 5.40. The van der Waals surface area contributed by atoms with E-state index in [-0.39, 0.29) is 0 Å². The van der Waals surface area contributed by atoms with Gasteiger partial charge in [0.1, 0.15) is 0 Å². The molecule has 0 unspecified atom stereocenters. The van der Waals surface area contributed by atoms with Crippen molar-refractivity contribution in [1.82, 2.24) is 0 Å². The Morgan fingerprint density at radius 1 is 0.947 bits per heavy atom. The van der Waals surface area contributed by atoms with E-state index in [1.165, 1.54) is 12.0 Å². The van der Waals surface area contributed by atoms with Crippen molar-refractivity contribution in [1.29, 1.82) is 0 Å². The third-order valence-electron chi connectivity index (χ3n) is 8.19. The van der Waals surface area contributed by atoms with E-state index in [9.17, 15) is 0 Å². The number of hydrogen-bond acceptors (Lipinski definition) is 1. The first kappa shape index (κ1) is 9.18. The smallest absolute Gasteiger partial charge is 0.0795 e. The van der Waals surface area contributed by atoms with Crippen LogP contribution < -0.4 is 0 Å². The number of hydrogen-bond donors (Lipinski definition) is 0. The van der Waals surface area contributed by atoms with E-state index in [1.54, 1.807) is 6.42 Å². The van der Waals surface area contributed by atoms with E-state index in [1.807, 2.05) is 0 Å². The average molecular weight is 250 g/mol. The quantitative estimate of drug-likeness (QED) is 0.784. The van der Waals surface area contributed by atoms with Crippen LogP contribution in [0, 0.1) is 47.3 Å². The Balaban J connectivity index is 1.42. The fourth-order valence-electron chi connectivity index (χ4n) is 8.40. The van der Waals surface area contributed by atoms with Crippen LogP contribution in [0.5, 0.6) is 0 Å². The van der Waals surface area contributed by atoms with Crippen LogP contribution >= 0.6 is 0 Å². The topological polar surface area (TPSA) is 9.23 Å². The van der Waals surface area contributed by atoms with E-state index >= 15 is 0 Å². The van der Waals surface area contributed by atoms with Gasteiger partial charge in [-0.15, -0.1) is 0 Å². The second kappa shape index (κ2) is 2.41. The Bertz CT molecular complexity index is 599. The van der Waals surface area contributed by atoms with Crippen molar-refractivity contribution in [2.45, 2.75) is 24.5 Å². The van der Waals surface area contributed by atoms with Gasteiger partial charge >= 0.3 is 0 Å². The second-order valence-electron chi connectivity index (χ2n) is 8.12. The van der Waals surface area contributed by atoms with E-state index < -0.39 is 0 Å². The van der Waals surface area contributed by atoms with Crippen LogP contribution in [0.1, 0.15) is 12.0 Å². The predicted molar refractivity (Wildman–Crippen MR) is 70.3 cm³/mol.